The zero-order valence-electron chi connectivity index (χ0n) is 20.9. The minimum absolute atomic E-state index is 0.00986. The third-order valence-electron chi connectivity index (χ3n) is 5.26. The first-order chi connectivity index (χ1) is 18.6. The Hall–Kier alpha value is -2.22. The molecule has 40 heavy (non-hydrogen) atoms. The van der Waals surface area contributed by atoms with Crippen LogP contribution < -0.4 is 4.74 Å². The number of hydrogen-bond donors (Lipinski definition) is 1. The molecule has 1 saturated heterocycles. The van der Waals surface area contributed by atoms with Crippen molar-refractivity contribution in [3.05, 3.63) is 51.2 Å². The summed E-state index contributed by atoms with van der Waals surface area (Å²) < 4.78 is 67.9. The van der Waals surface area contributed by atoms with E-state index in [0.717, 1.165) is 16.7 Å². The highest BCUT2D eigenvalue weighted by Gasteiger charge is 2.57. The number of halogens is 6. The first kappa shape index (κ1) is 29.3. The van der Waals surface area contributed by atoms with Gasteiger partial charge < -0.3 is 13.7 Å². The molecule has 1 aliphatic heterocycles. The van der Waals surface area contributed by atoms with Crippen LogP contribution in [0.1, 0.15) is 26.3 Å². The lowest BCUT2D eigenvalue weighted by Gasteiger charge is -2.19. The van der Waals surface area contributed by atoms with Crippen LogP contribution in [0.2, 0.25) is 15.1 Å². The Labute approximate surface area is 240 Å². The van der Waals surface area contributed by atoms with Gasteiger partial charge in [0.05, 0.1) is 20.6 Å². The molecule has 0 saturated carbocycles. The maximum absolute atomic E-state index is 13.1. The average Bonchev–Trinajstić information content (AvgIpc) is 3.56. The van der Waals surface area contributed by atoms with Crippen LogP contribution in [0.4, 0.5) is 13.2 Å². The van der Waals surface area contributed by atoms with Gasteiger partial charge >= 0.3 is 14.3 Å². The first-order valence-electron chi connectivity index (χ1n) is 11.5. The molecule has 10 nitrogen and oxygen atoms in total. The van der Waals surface area contributed by atoms with E-state index in [0.29, 0.717) is 5.56 Å². The minimum atomic E-state index is -4.59. The number of imidazole rings is 1. The first-order valence-corrected chi connectivity index (χ1v) is 14.1. The third kappa shape index (κ3) is 6.32. The molecule has 1 aromatic carbocycles. The molecule has 17 heteroatoms. The van der Waals surface area contributed by atoms with E-state index in [9.17, 15) is 18.1 Å². The van der Waals surface area contributed by atoms with Crippen molar-refractivity contribution < 1.29 is 40.9 Å². The quantitative estimate of drug-likeness (QED) is 0.216. The lowest BCUT2D eigenvalue weighted by atomic mass is 10.2. The van der Waals surface area contributed by atoms with Crippen molar-refractivity contribution in [1.82, 2.24) is 19.5 Å². The number of rotatable bonds is 6. The predicted octanol–water partition coefficient (Wildman–Crippen LogP) is 7.31. The Bertz CT molecular complexity index is 1580. The molecule has 5 rings (SSSR count). The largest absolute Gasteiger partial charge is 0.573 e. The number of aromatic nitrogens is 4. The van der Waals surface area contributed by atoms with Crippen molar-refractivity contribution in [3.8, 4) is 28.7 Å². The number of pyridine rings is 1. The highest BCUT2D eigenvalue weighted by molar-refractivity contribution is 7.55. The second-order valence-electron chi connectivity index (χ2n) is 9.62. The van der Waals surface area contributed by atoms with E-state index in [1.807, 2.05) is 0 Å². The van der Waals surface area contributed by atoms with Gasteiger partial charge in [0.1, 0.15) is 30.3 Å². The van der Waals surface area contributed by atoms with Crippen molar-refractivity contribution in [2.75, 3.05) is 13.2 Å². The van der Waals surface area contributed by atoms with Crippen LogP contribution in [0, 0.1) is 0 Å². The van der Waals surface area contributed by atoms with E-state index in [4.69, 9.17) is 57.6 Å². The van der Waals surface area contributed by atoms with Gasteiger partial charge in [-0.15, -0.1) is 9.05 Å². The van der Waals surface area contributed by atoms with E-state index >= 15 is 0 Å². The number of fused-ring (bicyclic) bond motifs is 1. The summed E-state index contributed by atoms with van der Waals surface area (Å²) in [6.45, 7) is 5.33. The molecule has 0 spiro atoms. The topological polar surface area (TPSA) is 113 Å². The number of benzene rings is 1. The van der Waals surface area contributed by atoms with Crippen LogP contribution in [0.3, 0.4) is 0 Å². The molecule has 3 aromatic heterocycles. The van der Waals surface area contributed by atoms with Crippen LogP contribution in [0.25, 0.3) is 28.6 Å². The van der Waals surface area contributed by atoms with Crippen LogP contribution in [-0.4, -0.2) is 49.3 Å². The highest BCUT2D eigenvalue weighted by Crippen LogP contribution is 2.64. The van der Waals surface area contributed by atoms with Crippen LogP contribution in [-0.2, 0) is 19.7 Å². The van der Waals surface area contributed by atoms with Gasteiger partial charge in [0, 0.05) is 24.0 Å². The number of alkyl halides is 3. The molecule has 4 aromatic rings. The Kier molecular flexibility index (Phi) is 7.73. The SMILES string of the molecule is CC(C)(C)O[P+]1(O)OC[C@@H](COc2cc(Cl)c(-c3noc(-c4cn5cc(C(F)(F)F)cc(Cl)c5n4)n3)cc2Cl)O1. The molecule has 1 unspecified atom stereocenters. The zero-order chi connectivity index (χ0) is 29.0. The number of hydrogen-bond acceptors (Lipinski definition) is 9. The molecule has 1 fully saturated rings. The maximum atomic E-state index is 13.1. The van der Waals surface area contributed by atoms with Crippen molar-refractivity contribution in [1.29, 1.82) is 0 Å². The van der Waals surface area contributed by atoms with Gasteiger partial charge in [0.2, 0.25) is 5.82 Å². The van der Waals surface area contributed by atoms with Gasteiger partial charge in [-0.05, 0) is 32.9 Å². The van der Waals surface area contributed by atoms with E-state index in [1.54, 1.807) is 20.8 Å². The third-order valence-corrected chi connectivity index (χ3v) is 7.97. The molecular formula is C23H20Cl3F3N4O6P+. The average molecular weight is 643 g/mol. The lowest BCUT2D eigenvalue weighted by Crippen LogP contribution is -2.22. The second kappa shape index (κ2) is 10.6. The van der Waals surface area contributed by atoms with Crippen molar-refractivity contribution in [2.24, 2.45) is 0 Å². The van der Waals surface area contributed by atoms with E-state index in [1.165, 1.54) is 18.3 Å². The number of nitrogens with zero attached hydrogens (tertiary/aromatic N) is 4. The summed E-state index contributed by atoms with van der Waals surface area (Å²) in [4.78, 5) is 18.9. The molecule has 0 radical (unpaired) electrons. The molecule has 0 aliphatic carbocycles. The van der Waals surface area contributed by atoms with E-state index in [-0.39, 0.29) is 57.1 Å². The summed E-state index contributed by atoms with van der Waals surface area (Å²) >= 11 is 18.8. The lowest BCUT2D eigenvalue weighted by molar-refractivity contribution is -0.137. The Morgan fingerprint density at radius 1 is 1.07 bits per heavy atom. The fourth-order valence-electron chi connectivity index (χ4n) is 3.64. The fraction of sp³-hybridized carbons (Fsp3) is 0.348. The number of ether oxygens (including phenoxy) is 1. The summed E-state index contributed by atoms with van der Waals surface area (Å²) in [6, 6.07) is 3.69. The molecule has 214 valence electrons. The second-order valence-corrected chi connectivity index (χ2v) is 12.4. The maximum Gasteiger partial charge on any atom is 0.573 e. The molecule has 1 N–H and O–H groups in total. The van der Waals surface area contributed by atoms with Crippen LogP contribution in [0.15, 0.2) is 35.1 Å². The Morgan fingerprint density at radius 2 is 1.82 bits per heavy atom. The van der Waals surface area contributed by atoms with Gasteiger partial charge in [0.25, 0.3) is 5.89 Å². The fourth-order valence-corrected chi connectivity index (χ4v) is 6.06. The van der Waals surface area contributed by atoms with Crippen LogP contribution in [0.5, 0.6) is 5.75 Å². The predicted molar refractivity (Wildman–Crippen MR) is 140 cm³/mol. The Balaban J connectivity index is 1.31. The van der Waals surface area contributed by atoms with Gasteiger partial charge in [-0.25, -0.2) is 4.98 Å². The van der Waals surface area contributed by atoms with Crippen molar-refractivity contribution >= 4 is 48.6 Å². The molecular weight excluding hydrogens is 623 g/mol. The van der Waals surface area contributed by atoms with Crippen LogP contribution >= 0.6 is 43.0 Å². The monoisotopic (exact) mass is 641 g/mol. The normalized spacial score (nSPS) is 20.0. The summed E-state index contributed by atoms with van der Waals surface area (Å²) in [6.07, 6.45) is -3.06. The highest BCUT2D eigenvalue weighted by atomic mass is 35.5. The van der Waals surface area contributed by atoms with Crippen molar-refractivity contribution in [3.63, 3.8) is 0 Å². The van der Waals surface area contributed by atoms with E-state index in [2.05, 4.69) is 15.1 Å². The molecule has 0 amide bonds. The summed E-state index contributed by atoms with van der Waals surface area (Å²) in [7, 11) is -3.46. The Morgan fingerprint density at radius 3 is 2.52 bits per heavy atom. The van der Waals surface area contributed by atoms with Gasteiger partial charge in [-0.3, -0.25) is 0 Å². The summed E-state index contributed by atoms with van der Waals surface area (Å²) in [5, 5.41) is 4.03. The van der Waals surface area contributed by atoms with Crippen molar-refractivity contribution in [2.45, 2.75) is 38.7 Å². The zero-order valence-corrected chi connectivity index (χ0v) is 24.0. The van der Waals surface area contributed by atoms with Gasteiger partial charge in [-0.1, -0.05) is 40.0 Å². The van der Waals surface area contributed by atoms with Gasteiger partial charge in [0.15, 0.2) is 11.8 Å². The smallest absolute Gasteiger partial charge is 0.489 e. The molecule has 1 aliphatic rings. The summed E-state index contributed by atoms with van der Waals surface area (Å²) in [5.74, 6) is 0.195. The summed E-state index contributed by atoms with van der Waals surface area (Å²) in [5.41, 5.74) is -1.14. The van der Waals surface area contributed by atoms with Gasteiger partial charge in [-0.2, -0.15) is 27.6 Å². The standard InChI is InChI=1S/C23H20Cl3F3N4O6P/c1-22(2,3)39-40(34)36-10-12(38-40)9-35-18-6-14(24)13(5-15(18)25)19-31-21(37-32-19)17-8-33-7-11(23(27,28)29)4-16(26)20(33)30-17/h4-8,12,34H,9-10H2,1-3H3/q+1/t12-,40?/m1/s1. The molecule has 4 heterocycles. The molecule has 2 atom stereocenters. The van der Waals surface area contributed by atoms with E-state index < -0.39 is 31.6 Å². The molecule has 0 bridgehead atoms. The minimum Gasteiger partial charge on any atom is -0.489 e.